The molecule has 1 heterocycles. The van der Waals surface area contributed by atoms with Crippen molar-refractivity contribution in [1.29, 1.82) is 0 Å². The molecule has 0 saturated carbocycles. The quantitative estimate of drug-likeness (QED) is 0.864. The number of rotatable bonds is 2. The van der Waals surface area contributed by atoms with E-state index in [0.29, 0.717) is 12.1 Å². The van der Waals surface area contributed by atoms with E-state index in [9.17, 15) is 4.79 Å². The zero-order chi connectivity index (χ0) is 14.1. The van der Waals surface area contributed by atoms with Gasteiger partial charge in [-0.05, 0) is 25.1 Å². The minimum atomic E-state index is -0.113. The van der Waals surface area contributed by atoms with Crippen LogP contribution in [0.3, 0.4) is 0 Å². The van der Waals surface area contributed by atoms with Crippen molar-refractivity contribution in [1.82, 2.24) is 0 Å². The Balaban J connectivity index is 0.000000861. The van der Waals surface area contributed by atoms with Crippen LogP contribution in [0.5, 0.6) is 0 Å². The first kappa shape index (κ1) is 14.9. The maximum absolute atomic E-state index is 11.9. The number of aliphatic imine (C=N–C) groups is 1. The van der Waals surface area contributed by atoms with Gasteiger partial charge in [-0.3, -0.25) is 9.79 Å². The lowest BCUT2D eigenvalue weighted by atomic mass is 10.2. The zero-order valence-corrected chi connectivity index (χ0v) is 11.7. The summed E-state index contributed by atoms with van der Waals surface area (Å²) in [5.41, 5.74) is 2.59. The van der Waals surface area contributed by atoms with Crippen molar-refractivity contribution in [3.63, 3.8) is 0 Å². The largest absolute Gasteiger partial charge is 0.322 e. The van der Waals surface area contributed by atoms with Crippen LogP contribution in [0, 0.1) is 6.92 Å². The first-order valence-corrected chi connectivity index (χ1v) is 6.50. The highest BCUT2D eigenvalue weighted by molar-refractivity contribution is 6.08. The molecule has 0 unspecified atom stereocenters. The summed E-state index contributed by atoms with van der Waals surface area (Å²) in [6, 6.07) is 7.72. The molecule has 0 radical (unpaired) electrons. The van der Waals surface area contributed by atoms with Crippen molar-refractivity contribution in [3.8, 4) is 0 Å². The van der Waals surface area contributed by atoms with Gasteiger partial charge in [0.2, 0.25) is 0 Å². The van der Waals surface area contributed by atoms with Gasteiger partial charge in [-0.1, -0.05) is 43.7 Å². The highest BCUT2D eigenvalue weighted by Gasteiger charge is 2.06. The van der Waals surface area contributed by atoms with Crippen molar-refractivity contribution in [2.75, 3.05) is 11.9 Å². The molecule has 0 atom stereocenters. The molecule has 3 heteroatoms. The number of benzene rings is 1. The molecule has 19 heavy (non-hydrogen) atoms. The van der Waals surface area contributed by atoms with Crippen LogP contribution in [-0.4, -0.2) is 18.7 Å². The third-order valence-electron chi connectivity index (χ3n) is 2.44. The summed E-state index contributed by atoms with van der Waals surface area (Å²) >= 11 is 0. The Labute approximate surface area is 114 Å². The fourth-order valence-corrected chi connectivity index (χ4v) is 1.48. The van der Waals surface area contributed by atoms with Crippen LogP contribution in [0.15, 0.2) is 53.1 Å². The first-order valence-electron chi connectivity index (χ1n) is 6.50. The molecule has 1 aromatic rings. The van der Waals surface area contributed by atoms with Crippen LogP contribution in [0.25, 0.3) is 0 Å². The van der Waals surface area contributed by atoms with E-state index in [1.54, 1.807) is 18.4 Å². The van der Waals surface area contributed by atoms with Crippen molar-refractivity contribution in [3.05, 3.63) is 53.6 Å². The molecule has 1 aromatic carbocycles. The minimum absolute atomic E-state index is 0.113. The zero-order valence-electron chi connectivity index (χ0n) is 11.7. The van der Waals surface area contributed by atoms with Gasteiger partial charge in [-0.2, -0.15) is 0 Å². The molecule has 0 spiro atoms. The van der Waals surface area contributed by atoms with E-state index in [0.717, 1.165) is 5.69 Å². The van der Waals surface area contributed by atoms with Crippen LogP contribution < -0.4 is 5.32 Å². The number of hydrogen-bond donors (Lipinski definition) is 1. The summed E-state index contributed by atoms with van der Waals surface area (Å²) in [5, 5.41) is 2.85. The number of amides is 1. The molecule has 0 fully saturated rings. The summed E-state index contributed by atoms with van der Waals surface area (Å²) in [4.78, 5) is 16.0. The molecule has 2 rings (SSSR count). The maximum atomic E-state index is 11.9. The van der Waals surface area contributed by atoms with Gasteiger partial charge in [0.15, 0.2) is 0 Å². The lowest BCUT2D eigenvalue weighted by Gasteiger charge is -2.05. The van der Waals surface area contributed by atoms with Gasteiger partial charge < -0.3 is 5.32 Å². The molecule has 0 bridgehead atoms. The lowest BCUT2D eigenvalue weighted by molar-refractivity contribution is -0.112. The highest BCUT2D eigenvalue weighted by Crippen LogP contribution is 2.11. The summed E-state index contributed by atoms with van der Waals surface area (Å²) in [5.74, 6) is -0.113. The molecule has 1 amide bonds. The van der Waals surface area contributed by atoms with Crippen molar-refractivity contribution in [2.24, 2.45) is 4.99 Å². The Bertz CT molecular complexity index is 496. The van der Waals surface area contributed by atoms with E-state index >= 15 is 0 Å². The van der Waals surface area contributed by atoms with E-state index < -0.39 is 0 Å². The van der Waals surface area contributed by atoms with Crippen LogP contribution in [0.4, 0.5) is 5.69 Å². The third-order valence-corrected chi connectivity index (χ3v) is 2.44. The average Bonchev–Trinajstić information content (AvgIpc) is 2.73. The number of anilines is 1. The SMILES string of the molecule is CC.Cc1ccc(NC(=O)C2=CC=NCC=C2)cc1. The number of hydrogen-bond acceptors (Lipinski definition) is 2. The molecule has 1 aliphatic rings. The Morgan fingerprint density at radius 1 is 1.21 bits per heavy atom. The van der Waals surface area contributed by atoms with Crippen LogP contribution in [0.2, 0.25) is 0 Å². The van der Waals surface area contributed by atoms with Crippen LogP contribution >= 0.6 is 0 Å². The van der Waals surface area contributed by atoms with E-state index in [1.807, 2.05) is 51.1 Å². The van der Waals surface area contributed by atoms with Gasteiger partial charge in [0.25, 0.3) is 5.91 Å². The van der Waals surface area contributed by atoms with E-state index in [1.165, 1.54) is 5.56 Å². The Morgan fingerprint density at radius 3 is 2.58 bits per heavy atom. The van der Waals surface area contributed by atoms with Crippen molar-refractivity contribution >= 4 is 17.8 Å². The van der Waals surface area contributed by atoms with E-state index in [4.69, 9.17) is 0 Å². The maximum Gasteiger partial charge on any atom is 0.255 e. The molecule has 100 valence electrons. The topological polar surface area (TPSA) is 41.5 Å². The van der Waals surface area contributed by atoms with Gasteiger partial charge in [0, 0.05) is 17.5 Å². The number of allylic oxidation sites excluding steroid dienone is 1. The van der Waals surface area contributed by atoms with E-state index in [-0.39, 0.29) is 5.91 Å². The summed E-state index contributed by atoms with van der Waals surface area (Å²) < 4.78 is 0. The van der Waals surface area contributed by atoms with Crippen molar-refractivity contribution < 1.29 is 4.79 Å². The summed E-state index contributed by atoms with van der Waals surface area (Å²) in [6.07, 6.45) is 7.03. The second-order valence-electron chi connectivity index (χ2n) is 3.86. The molecule has 3 nitrogen and oxygen atoms in total. The number of nitrogens with one attached hydrogen (secondary N) is 1. The second kappa shape index (κ2) is 8.03. The number of aryl methyl sites for hydroxylation is 1. The van der Waals surface area contributed by atoms with Crippen LogP contribution in [0.1, 0.15) is 19.4 Å². The van der Waals surface area contributed by atoms with Gasteiger partial charge in [-0.15, -0.1) is 0 Å². The molecular weight excluding hydrogens is 236 g/mol. The summed E-state index contributed by atoms with van der Waals surface area (Å²) in [6.45, 7) is 6.64. The van der Waals surface area contributed by atoms with Gasteiger partial charge in [-0.25, -0.2) is 0 Å². The lowest BCUT2D eigenvalue weighted by Crippen LogP contribution is -2.13. The summed E-state index contributed by atoms with van der Waals surface area (Å²) in [7, 11) is 0. The fraction of sp³-hybridized carbons (Fsp3) is 0.250. The monoisotopic (exact) mass is 256 g/mol. The predicted molar refractivity (Wildman–Crippen MR) is 81.7 cm³/mol. The Hall–Kier alpha value is -2.16. The Kier molecular flexibility index (Phi) is 6.30. The molecule has 1 aliphatic heterocycles. The molecular formula is C16H20N2O. The van der Waals surface area contributed by atoms with Crippen molar-refractivity contribution in [2.45, 2.75) is 20.8 Å². The van der Waals surface area contributed by atoms with E-state index in [2.05, 4.69) is 10.3 Å². The average molecular weight is 256 g/mol. The predicted octanol–water partition coefficient (Wildman–Crippen LogP) is 3.53. The Morgan fingerprint density at radius 2 is 1.89 bits per heavy atom. The number of nitrogens with zero attached hydrogens (tertiary/aromatic N) is 1. The fourth-order valence-electron chi connectivity index (χ4n) is 1.48. The molecule has 1 N–H and O–H groups in total. The first-order chi connectivity index (χ1) is 9.25. The third kappa shape index (κ3) is 4.92. The second-order valence-corrected chi connectivity index (χ2v) is 3.86. The van der Waals surface area contributed by atoms with Gasteiger partial charge in [0.1, 0.15) is 0 Å². The standard InChI is InChI=1S/C14H14N2O.C2H6/c1-11-4-6-13(7-5-11)16-14(17)12-3-2-9-15-10-8-12;1-2/h2-8,10H,9H2,1H3,(H,16,17);1-2H3. The molecule has 0 aromatic heterocycles. The highest BCUT2D eigenvalue weighted by atomic mass is 16.1. The molecule has 0 saturated heterocycles. The van der Waals surface area contributed by atoms with Gasteiger partial charge >= 0.3 is 0 Å². The number of carbonyl (C=O) groups is 1. The van der Waals surface area contributed by atoms with Crippen LogP contribution in [-0.2, 0) is 4.79 Å². The minimum Gasteiger partial charge on any atom is -0.322 e. The van der Waals surface area contributed by atoms with Gasteiger partial charge in [0.05, 0.1) is 6.54 Å². The number of carbonyl (C=O) groups excluding carboxylic acids is 1. The normalized spacial score (nSPS) is 12.9. The molecule has 0 aliphatic carbocycles. The smallest absolute Gasteiger partial charge is 0.255 e.